The minimum Gasteiger partial charge on any atom is -0.480 e. The molecule has 5 heteroatoms. The van der Waals surface area contributed by atoms with Gasteiger partial charge in [-0.15, -0.1) is 0 Å². The number of methoxy groups -OCH3 is 1. The van der Waals surface area contributed by atoms with Gasteiger partial charge in [-0.25, -0.2) is 4.79 Å². The van der Waals surface area contributed by atoms with E-state index in [-0.39, 0.29) is 5.91 Å². The minimum atomic E-state index is -1.07. The van der Waals surface area contributed by atoms with E-state index < -0.39 is 17.6 Å². The lowest BCUT2D eigenvalue weighted by Crippen LogP contribution is -2.55. The summed E-state index contributed by atoms with van der Waals surface area (Å²) in [5, 5.41) is 11.7. The molecule has 0 spiro atoms. The number of rotatable bonds is 4. The Morgan fingerprint density at radius 2 is 1.93 bits per heavy atom. The molecule has 1 atom stereocenters. The van der Waals surface area contributed by atoms with Crippen LogP contribution in [0.1, 0.15) is 32.6 Å². The quantitative estimate of drug-likeness (QED) is 0.717. The highest BCUT2D eigenvalue weighted by molar-refractivity contribution is 5.89. The van der Waals surface area contributed by atoms with Gasteiger partial charge in [0, 0.05) is 7.11 Å². The fourth-order valence-corrected chi connectivity index (χ4v) is 1.82. The first-order valence-corrected chi connectivity index (χ1v) is 5.10. The summed E-state index contributed by atoms with van der Waals surface area (Å²) in [7, 11) is 1.42. The van der Waals surface area contributed by atoms with Crippen LogP contribution in [-0.2, 0) is 14.3 Å². The molecule has 0 aromatic heterocycles. The Bertz CT molecular complexity index is 258. The Hall–Kier alpha value is -1.10. The number of carboxylic acid groups (broad SMARTS) is 1. The van der Waals surface area contributed by atoms with Gasteiger partial charge >= 0.3 is 5.97 Å². The normalized spacial score (nSPS) is 20.9. The van der Waals surface area contributed by atoms with E-state index in [1.807, 2.05) is 0 Å². The van der Waals surface area contributed by atoms with Crippen molar-refractivity contribution >= 4 is 11.9 Å². The van der Waals surface area contributed by atoms with Gasteiger partial charge in [0.1, 0.15) is 11.6 Å². The molecule has 0 bridgehead atoms. The Balaban J connectivity index is 2.67. The van der Waals surface area contributed by atoms with Crippen LogP contribution < -0.4 is 5.32 Å². The largest absolute Gasteiger partial charge is 0.480 e. The van der Waals surface area contributed by atoms with Gasteiger partial charge in [0.25, 0.3) is 0 Å². The van der Waals surface area contributed by atoms with Crippen molar-refractivity contribution in [2.24, 2.45) is 0 Å². The van der Waals surface area contributed by atoms with Crippen LogP contribution in [0.4, 0.5) is 0 Å². The second kappa shape index (κ2) is 4.61. The lowest BCUT2D eigenvalue weighted by molar-refractivity contribution is -0.149. The topological polar surface area (TPSA) is 75.6 Å². The lowest BCUT2D eigenvalue weighted by Gasteiger charge is -2.26. The van der Waals surface area contributed by atoms with E-state index in [0.29, 0.717) is 12.8 Å². The molecule has 86 valence electrons. The number of nitrogens with one attached hydrogen (secondary N) is 1. The predicted octanol–water partition coefficient (Wildman–Crippen LogP) is 0.535. The van der Waals surface area contributed by atoms with Crippen molar-refractivity contribution in [2.75, 3.05) is 7.11 Å². The summed E-state index contributed by atoms with van der Waals surface area (Å²) in [5.41, 5.74) is -1.07. The van der Waals surface area contributed by atoms with Crippen molar-refractivity contribution < 1.29 is 19.4 Å². The molecule has 1 aliphatic carbocycles. The van der Waals surface area contributed by atoms with Crippen LogP contribution in [0, 0.1) is 0 Å². The zero-order chi connectivity index (χ0) is 11.5. The number of amides is 1. The number of aliphatic carboxylic acids is 1. The van der Waals surface area contributed by atoms with Crippen LogP contribution in [0.15, 0.2) is 0 Å². The van der Waals surface area contributed by atoms with Gasteiger partial charge in [-0.05, 0) is 19.8 Å². The number of ether oxygens (including phenoxy) is 1. The summed E-state index contributed by atoms with van der Waals surface area (Å²) < 4.78 is 4.84. The third kappa shape index (κ3) is 2.47. The molecule has 0 radical (unpaired) electrons. The molecule has 0 aromatic rings. The molecule has 0 aliphatic heterocycles. The Kier molecular flexibility index (Phi) is 3.68. The molecule has 0 saturated heterocycles. The maximum Gasteiger partial charge on any atom is 0.329 e. The molecule has 1 rings (SSSR count). The third-order valence-corrected chi connectivity index (χ3v) is 2.95. The lowest BCUT2D eigenvalue weighted by atomic mass is 9.97. The van der Waals surface area contributed by atoms with Crippen LogP contribution in [0.3, 0.4) is 0 Å². The van der Waals surface area contributed by atoms with E-state index in [1.54, 1.807) is 6.92 Å². The minimum absolute atomic E-state index is 0.359. The van der Waals surface area contributed by atoms with Crippen molar-refractivity contribution in [1.29, 1.82) is 0 Å². The van der Waals surface area contributed by atoms with Crippen molar-refractivity contribution in [3.8, 4) is 0 Å². The maximum absolute atomic E-state index is 11.5. The molecule has 0 heterocycles. The molecule has 1 amide bonds. The summed E-state index contributed by atoms with van der Waals surface area (Å²) in [6.07, 6.45) is 2.08. The molecule has 5 nitrogen and oxygen atoms in total. The molecule has 1 aliphatic rings. The van der Waals surface area contributed by atoms with E-state index in [2.05, 4.69) is 5.32 Å². The monoisotopic (exact) mass is 215 g/mol. The first-order valence-electron chi connectivity index (χ1n) is 5.10. The fraction of sp³-hybridized carbons (Fsp3) is 0.800. The van der Waals surface area contributed by atoms with E-state index in [4.69, 9.17) is 9.84 Å². The van der Waals surface area contributed by atoms with Gasteiger partial charge in [-0.2, -0.15) is 0 Å². The molecule has 1 fully saturated rings. The van der Waals surface area contributed by atoms with Gasteiger partial charge in [0.2, 0.25) is 5.91 Å². The number of hydrogen-bond acceptors (Lipinski definition) is 3. The van der Waals surface area contributed by atoms with Crippen molar-refractivity contribution in [2.45, 2.75) is 44.2 Å². The Labute approximate surface area is 88.8 Å². The highest BCUT2D eigenvalue weighted by Crippen LogP contribution is 2.29. The number of carbonyl (C=O) groups excluding carboxylic acids is 1. The average molecular weight is 215 g/mol. The van der Waals surface area contributed by atoms with Crippen LogP contribution in [0.25, 0.3) is 0 Å². The van der Waals surface area contributed by atoms with E-state index in [0.717, 1.165) is 12.8 Å². The highest BCUT2D eigenvalue weighted by Gasteiger charge is 2.43. The number of carboxylic acids is 1. The van der Waals surface area contributed by atoms with Crippen LogP contribution >= 0.6 is 0 Å². The fourth-order valence-electron chi connectivity index (χ4n) is 1.82. The second-order valence-corrected chi connectivity index (χ2v) is 3.96. The summed E-state index contributed by atoms with van der Waals surface area (Å²) in [6, 6.07) is 0. The van der Waals surface area contributed by atoms with Gasteiger partial charge in [-0.3, -0.25) is 4.79 Å². The Morgan fingerprint density at radius 1 is 1.40 bits per heavy atom. The average Bonchev–Trinajstić information content (AvgIpc) is 2.66. The van der Waals surface area contributed by atoms with Crippen molar-refractivity contribution in [3.05, 3.63) is 0 Å². The molecular formula is C10H17NO4. The molecule has 2 N–H and O–H groups in total. The summed E-state index contributed by atoms with van der Waals surface area (Å²) in [5.74, 6) is -1.31. The highest BCUT2D eigenvalue weighted by atomic mass is 16.5. The molecule has 1 unspecified atom stereocenters. The molecule has 15 heavy (non-hydrogen) atoms. The summed E-state index contributed by atoms with van der Waals surface area (Å²) in [4.78, 5) is 22.7. The smallest absolute Gasteiger partial charge is 0.329 e. The number of carbonyl (C=O) groups is 2. The van der Waals surface area contributed by atoms with Gasteiger partial charge in [-0.1, -0.05) is 12.8 Å². The first-order chi connectivity index (χ1) is 7.02. The van der Waals surface area contributed by atoms with Gasteiger partial charge < -0.3 is 15.2 Å². The van der Waals surface area contributed by atoms with Crippen LogP contribution in [-0.4, -0.2) is 35.7 Å². The van der Waals surface area contributed by atoms with Gasteiger partial charge in [0.05, 0.1) is 0 Å². The zero-order valence-corrected chi connectivity index (χ0v) is 9.08. The van der Waals surface area contributed by atoms with Crippen molar-refractivity contribution in [3.63, 3.8) is 0 Å². The summed E-state index contributed by atoms with van der Waals surface area (Å²) >= 11 is 0. The van der Waals surface area contributed by atoms with Crippen LogP contribution in [0.5, 0.6) is 0 Å². The summed E-state index contributed by atoms with van der Waals surface area (Å²) in [6.45, 7) is 1.60. The molecular weight excluding hydrogens is 198 g/mol. The predicted molar refractivity (Wildman–Crippen MR) is 53.4 cm³/mol. The first kappa shape index (κ1) is 12.0. The zero-order valence-electron chi connectivity index (χ0n) is 9.08. The standard InChI is InChI=1S/C10H17NO4/c1-7(15-2)8(12)11-10(9(13)14)5-3-4-6-10/h7H,3-6H2,1-2H3,(H,11,12)(H,13,14). The van der Waals surface area contributed by atoms with Crippen LogP contribution in [0.2, 0.25) is 0 Å². The molecule has 1 saturated carbocycles. The Morgan fingerprint density at radius 3 is 2.33 bits per heavy atom. The SMILES string of the molecule is COC(C)C(=O)NC1(C(=O)O)CCCC1. The third-order valence-electron chi connectivity index (χ3n) is 2.95. The van der Waals surface area contributed by atoms with Gasteiger partial charge in [0.15, 0.2) is 0 Å². The second-order valence-electron chi connectivity index (χ2n) is 3.96. The van der Waals surface area contributed by atoms with E-state index >= 15 is 0 Å². The number of hydrogen-bond donors (Lipinski definition) is 2. The van der Waals surface area contributed by atoms with E-state index in [1.165, 1.54) is 7.11 Å². The van der Waals surface area contributed by atoms with E-state index in [9.17, 15) is 9.59 Å². The van der Waals surface area contributed by atoms with Crippen molar-refractivity contribution in [1.82, 2.24) is 5.32 Å². The maximum atomic E-state index is 11.5. The molecule has 0 aromatic carbocycles.